The fraction of sp³-hybridized carbons (Fsp3) is 0.769. The van der Waals surface area contributed by atoms with Gasteiger partial charge < -0.3 is 10.1 Å². The van der Waals surface area contributed by atoms with E-state index in [2.05, 4.69) is 22.6 Å². The molecule has 0 amide bonds. The lowest BCUT2D eigenvalue weighted by Gasteiger charge is -2.26. The molecule has 0 aromatic carbocycles. The van der Waals surface area contributed by atoms with E-state index in [4.69, 9.17) is 4.74 Å². The SMILES string of the molecule is CC1CCCC(OC(=O)c2cn(C3CNC3)nn2)C1. The van der Waals surface area contributed by atoms with Gasteiger partial charge in [-0.25, -0.2) is 9.48 Å². The van der Waals surface area contributed by atoms with Gasteiger partial charge in [0.2, 0.25) is 0 Å². The van der Waals surface area contributed by atoms with Crippen LogP contribution in [0.15, 0.2) is 6.20 Å². The predicted octanol–water partition coefficient (Wildman–Crippen LogP) is 1.16. The van der Waals surface area contributed by atoms with Crippen molar-refractivity contribution in [2.45, 2.75) is 44.8 Å². The summed E-state index contributed by atoms with van der Waals surface area (Å²) in [4.78, 5) is 12.0. The van der Waals surface area contributed by atoms with Crippen molar-refractivity contribution in [3.63, 3.8) is 0 Å². The number of ether oxygens (including phenoxy) is 1. The minimum absolute atomic E-state index is 0.0479. The molecule has 1 saturated heterocycles. The van der Waals surface area contributed by atoms with E-state index in [9.17, 15) is 4.79 Å². The van der Waals surface area contributed by atoms with Gasteiger partial charge in [0.25, 0.3) is 0 Å². The molecule has 1 aromatic heterocycles. The van der Waals surface area contributed by atoms with E-state index in [0.717, 1.165) is 32.4 Å². The second kappa shape index (κ2) is 5.28. The Kier molecular flexibility index (Phi) is 3.50. The van der Waals surface area contributed by atoms with E-state index in [1.165, 1.54) is 6.42 Å². The quantitative estimate of drug-likeness (QED) is 0.830. The highest BCUT2D eigenvalue weighted by Gasteiger charge is 2.25. The topological polar surface area (TPSA) is 69.0 Å². The Hall–Kier alpha value is -1.43. The summed E-state index contributed by atoms with van der Waals surface area (Å²) >= 11 is 0. The summed E-state index contributed by atoms with van der Waals surface area (Å²) in [5, 5.41) is 11.1. The Labute approximate surface area is 112 Å². The fourth-order valence-corrected chi connectivity index (χ4v) is 2.71. The first-order chi connectivity index (χ1) is 9.22. The second-order valence-corrected chi connectivity index (χ2v) is 5.69. The van der Waals surface area contributed by atoms with Gasteiger partial charge in [-0.05, 0) is 25.2 Å². The highest BCUT2D eigenvalue weighted by Crippen LogP contribution is 2.26. The van der Waals surface area contributed by atoms with Gasteiger partial charge in [0.05, 0.1) is 12.2 Å². The van der Waals surface area contributed by atoms with Crippen LogP contribution in [0.3, 0.4) is 0 Å². The lowest BCUT2D eigenvalue weighted by Crippen LogP contribution is -2.43. The van der Waals surface area contributed by atoms with Crippen LogP contribution in [0.25, 0.3) is 0 Å². The van der Waals surface area contributed by atoms with Gasteiger partial charge in [-0.15, -0.1) is 5.10 Å². The monoisotopic (exact) mass is 264 g/mol. The Balaban J connectivity index is 1.58. The van der Waals surface area contributed by atoms with E-state index in [1.807, 2.05) is 0 Å². The van der Waals surface area contributed by atoms with Crippen molar-refractivity contribution in [3.05, 3.63) is 11.9 Å². The van der Waals surface area contributed by atoms with E-state index in [0.29, 0.717) is 17.7 Å². The van der Waals surface area contributed by atoms with E-state index in [1.54, 1.807) is 10.9 Å². The third-order valence-corrected chi connectivity index (χ3v) is 4.02. The summed E-state index contributed by atoms with van der Waals surface area (Å²) in [5.41, 5.74) is 0.324. The number of carbonyl (C=O) groups is 1. The van der Waals surface area contributed by atoms with Crippen LogP contribution in [0, 0.1) is 5.92 Å². The first-order valence-corrected chi connectivity index (χ1v) is 7.06. The number of hydrogen-bond donors (Lipinski definition) is 1. The van der Waals surface area contributed by atoms with Crippen LogP contribution in [0.5, 0.6) is 0 Å². The van der Waals surface area contributed by atoms with Crippen molar-refractivity contribution in [1.29, 1.82) is 0 Å². The molecule has 0 radical (unpaired) electrons. The zero-order valence-corrected chi connectivity index (χ0v) is 11.2. The third-order valence-electron chi connectivity index (χ3n) is 4.02. The minimum Gasteiger partial charge on any atom is -0.458 e. The molecule has 1 saturated carbocycles. The zero-order valence-electron chi connectivity index (χ0n) is 11.2. The number of rotatable bonds is 3. The van der Waals surface area contributed by atoms with Crippen molar-refractivity contribution >= 4 is 5.97 Å². The molecule has 1 N–H and O–H groups in total. The molecule has 2 unspecified atom stereocenters. The van der Waals surface area contributed by atoms with Crippen LogP contribution in [-0.2, 0) is 4.74 Å². The molecule has 6 heteroatoms. The fourth-order valence-electron chi connectivity index (χ4n) is 2.71. The molecule has 19 heavy (non-hydrogen) atoms. The maximum absolute atomic E-state index is 12.0. The molecular formula is C13H20N4O2. The van der Waals surface area contributed by atoms with Crippen LogP contribution < -0.4 is 5.32 Å². The zero-order chi connectivity index (χ0) is 13.2. The van der Waals surface area contributed by atoms with Gasteiger partial charge in [-0.2, -0.15) is 0 Å². The van der Waals surface area contributed by atoms with Gasteiger partial charge in [-0.1, -0.05) is 18.6 Å². The average molecular weight is 264 g/mol. The summed E-state index contributed by atoms with van der Waals surface area (Å²) in [7, 11) is 0. The summed E-state index contributed by atoms with van der Waals surface area (Å²) in [6, 6.07) is 0.323. The van der Waals surface area contributed by atoms with E-state index < -0.39 is 0 Å². The van der Waals surface area contributed by atoms with Crippen molar-refractivity contribution < 1.29 is 9.53 Å². The highest BCUT2D eigenvalue weighted by molar-refractivity contribution is 5.86. The maximum Gasteiger partial charge on any atom is 0.360 e. The standard InChI is InChI=1S/C13H20N4O2/c1-9-3-2-4-11(5-9)19-13(18)12-8-17(16-15-12)10-6-14-7-10/h8-11,14H,2-7H2,1H3. The second-order valence-electron chi connectivity index (χ2n) is 5.69. The lowest BCUT2D eigenvalue weighted by molar-refractivity contribution is 0.0148. The number of nitrogens with zero attached hydrogens (tertiary/aromatic N) is 3. The highest BCUT2D eigenvalue weighted by atomic mass is 16.5. The first kappa shape index (κ1) is 12.6. The van der Waals surface area contributed by atoms with Crippen LogP contribution in [-0.4, -0.2) is 40.2 Å². The summed E-state index contributed by atoms with van der Waals surface area (Å²) < 4.78 is 7.27. The minimum atomic E-state index is -0.336. The van der Waals surface area contributed by atoms with Crippen LogP contribution in [0.2, 0.25) is 0 Å². The number of esters is 1. The molecule has 1 aromatic rings. The van der Waals surface area contributed by atoms with Crippen molar-refractivity contribution in [1.82, 2.24) is 20.3 Å². The Morgan fingerprint density at radius 3 is 3.00 bits per heavy atom. The van der Waals surface area contributed by atoms with E-state index in [-0.39, 0.29) is 12.1 Å². The van der Waals surface area contributed by atoms with Gasteiger partial charge in [0, 0.05) is 13.1 Å². The molecule has 2 atom stereocenters. The molecule has 0 spiro atoms. The Morgan fingerprint density at radius 1 is 1.47 bits per heavy atom. The number of aromatic nitrogens is 3. The normalized spacial score (nSPS) is 27.8. The molecule has 104 valence electrons. The van der Waals surface area contributed by atoms with Gasteiger partial charge in [0.15, 0.2) is 5.69 Å². The Morgan fingerprint density at radius 2 is 2.32 bits per heavy atom. The Bertz CT molecular complexity index is 455. The van der Waals surface area contributed by atoms with Gasteiger partial charge in [-0.3, -0.25) is 0 Å². The first-order valence-electron chi connectivity index (χ1n) is 7.06. The van der Waals surface area contributed by atoms with Crippen LogP contribution >= 0.6 is 0 Å². The lowest BCUT2D eigenvalue weighted by atomic mass is 9.89. The third kappa shape index (κ3) is 2.78. The molecule has 2 fully saturated rings. The molecule has 1 aliphatic carbocycles. The molecule has 0 bridgehead atoms. The van der Waals surface area contributed by atoms with Crippen LogP contribution in [0.1, 0.15) is 49.1 Å². The largest absolute Gasteiger partial charge is 0.458 e. The summed E-state index contributed by atoms with van der Waals surface area (Å²) in [6.07, 6.45) is 6.05. The number of carbonyl (C=O) groups excluding carboxylic acids is 1. The summed E-state index contributed by atoms with van der Waals surface area (Å²) in [5.74, 6) is 0.306. The molecule has 6 nitrogen and oxygen atoms in total. The number of nitrogens with one attached hydrogen (secondary N) is 1. The molecule has 2 heterocycles. The van der Waals surface area contributed by atoms with Crippen molar-refractivity contribution in [2.24, 2.45) is 5.92 Å². The molecule has 1 aliphatic heterocycles. The van der Waals surface area contributed by atoms with Crippen molar-refractivity contribution in [3.8, 4) is 0 Å². The summed E-state index contributed by atoms with van der Waals surface area (Å²) in [6.45, 7) is 3.98. The van der Waals surface area contributed by atoms with Crippen molar-refractivity contribution in [2.75, 3.05) is 13.1 Å². The molecule has 3 rings (SSSR count). The van der Waals surface area contributed by atoms with Crippen LogP contribution in [0.4, 0.5) is 0 Å². The van der Waals surface area contributed by atoms with E-state index >= 15 is 0 Å². The predicted molar refractivity (Wildman–Crippen MR) is 68.8 cm³/mol. The maximum atomic E-state index is 12.0. The smallest absolute Gasteiger partial charge is 0.360 e. The molecular weight excluding hydrogens is 244 g/mol. The van der Waals surface area contributed by atoms with Gasteiger partial charge in [0.1, 0.15) is 6.10 Å². The average Bonchev–Trinajstić information content (AvgIpc) is 2.76. The number of hydrogen-bond acceptors (Lipinski definition) is 5. The van der Waals surface area contributed by atoms with Gasteiger partial charge >= 0.3 is 5.97 Å². The molecule has 2 aliphatic rings.